The quantitative estimate of drug-likeness (QED) is 0.248. The van der Waals surface area contributed by atoms with Crippen molar-refractivity contribution >= 4 is 35.4 Å². The molecule has 2 amide bonds. The minimum atomic E-state index is -1.10. The van der Waals surface area contributed by atoms with Gasteiger partial charge in [0.2, 0.25) is 0 Å². The predicted octanol–water partition coefficient (Wildman–Crippen LogP) is 1.66. The first-order valence-corrected chi connectivity index (χ1v) is 9.85. The zero-order valence-corrected chi connectivity index (χ0v) is 15.9. The van der Waals surface area contributed by atoms with E-state index in [-0.39, 0.29) is 23.4 Å². The molecule has 8 nitrogen and oxygen atoms in total. The molecule has 28 heavy (non-hydrogen) atoms. The van der Waals surface area contributed by atoms with Crippen LogP contribution in [0.2, 0.25) is 0 Å². The second-order valence-corrected chi connectivity index (χ2v) is 6.91. The molecule has 0 aliphatic carbocycles. The molecule has 3 rings (SSSR count). The average Bonchev–Trinajstić information content (AvgIpc) is 2.98. The fraction of sp³-hybridized carbons (Fsp3) is 0.211. The highest BCUT2D eigenvalue weighted by atomic mass is 32.2. The summed E-state index contributed by atoms with van der Waals surface area (Å²) < 4.78 is 0. The van der Waals surface area contributed by atoms with E-state index in [1.807, 2.05) is 6.26 Å². The van der Waals surface area contributed by atoms with Crippen LogP contribution in [0.25, 0.3) is 0 Å². The zero-order valence-electron chi connectivity index (χ0n) is 15.1. The summed E-state index contributed by atoms with van der Waals surface area (Å²) >= 11 is 1.49. The highest BCUT2D eigenvalue weighted by Crippen LogP contribution is 2.26. The van der Waals surface area contributed by atoms with Crippen LogP contribution in [-0.4, -0.2) is 51.6 Å². The van der Waals surface area contributed by atoms with Crippen molar-refractivity contribution in [3.05, 3.63) is 65.5 Å². The number of hydrogen-bond acceptors (Lipinski definition) is 7. The number of benzene rings is 1. The molecule has 1 aromatic heterocycles. The summed E-state index contributed by atoms with van der Waals surface area (Å²) in [5, 5.41) is 3.62. The highest BCUT2D eigenvalue weighted by Gasteiger charge is 2.43. The summed E-state index contributed by atoms with van der Waals surface area (Å²) in [5.41, 5.74) is 6.66. The Balaban J connectivity index is 1.82. The number of hydrogen-bond donors (Lipinski definition) is 1. The summed E-state index contributed by atoms with van der Waals surface area (Å²) in [6, 6.07) is 10.4. The highest BCUT2D eigenvalue weighted by molar-refractivity contribution is 7.98. The van der Waals surface area contributed by atoms with Crippen molar-refractivity contribution in [2.45, 2.75) is 12.5 Å². The average molecular weight is 398 g/mol. The van der Waals surface area contributed by atoms with Crippen molar-refractivity contribution in [2.24, 2.45) is 10.9 Å². The molecule has 2 N–H and O–H groups in total. The zero-order chi connectivity index (χ0) is 20.1. The summed E-state index contributed by atoms with van der Waals surface area (Å²) in [6.07, 6.45) is 3.63. The van der Waals surface area contributed by atoms with Gasteiger partial charge >= 0.3 is 5.97 Å². The number of amides is 2. The largest absolute Gasteiger partial charge is 0.379 e. The number of thioether (sulfide) groups is 1. The lowest BCUT2D eigenvalue weighted by molar-refractivity contribution is -0.148. The number of fused-ring (bicyclic) bond motifs is 1. The lowest BCUT2D eigenvalue weighted by Gasteiger charge is -2.23. The number of carbonyl (C=O) groups excluding carboxylic acids is 3. The maximum Gasteiger partial charge on any atom is 0.357 e. The molecule has 1 unspecified atom stereocenters. The summed E-state index contributed by atoms with van der Waals surface area (Å²) in [4.78, 5) is 47.9. The van der Waals surface area contributed by atoms with Crippen molar-refractivity contribution in [3.8, 4) is 0 Å². The molecule has 9 heteroatoms. The van der Waals surface area contributed by atoms with Gasteiger partial charge in [0.25, 0.3) is 11.8 Å². The van der Waals surface area contributed by atoms with E-state index in [2.05, 4.69) is 10.1 Å². The summed E-state index contributed by atoms with van der Waals surface area (Å²) in [6.45, 7) is 0. The van der Waals surface area contributed by atoms with Gasteiger partial charge in [-0.1, -0.05) is 23.4 Å². The normalized spacial score (nSPS) is 14.8. The molecule has 0 fully saturated rings. The molecule has 1 aliphatic rings. The Bertz CT molecular complexity index is 898. The fourth-order valence-corrected chi connectivity index (χ4v) is 3.25. The first kappa shape index (κ1) is 19.6. The number of pyridine rings is 1. The molecule has 2 aromatic rings. The van der Waals surface area contributed by atoms with Gasteiger partial charge < -0.3 is 10.6 Å². The van der Waals surface area contributed by atoms with Crippen LogP contribution in [0.4, 0.5) is 0 Å². The third-order valence-corrected chi connectivity index (χ3v) is 4.81. The third-order valence-electron chi connectivity index (χ3n) is 4.17. The molecule has 0 spiro atoms. The molecular formula is C19H18N4O4S. The molecule has 1 aliphatic heterocycles. The van der Waals surface area contributed by atoms with Crippen molar-refractivity contribution in [3.63, 3.8) is 0 Å². The van der Waals surface area contributed by atoms with E-state index in [0.717, 1.165) is 4.90 Å². The Kier molecular flexibility index (Phi) is 6.05. The van der Waals surface area contributed by atoms with Gasteiger partial charge in [-0.05, 0) is 42.7 Å². The maximum atomic E-state index is 12.7. The molecule has 0 saturated heterocycles. The van der Waals surface area contributed by atoms with Gasteiger partial charge in [-0.15, -0.1) is 0 Å². The van der Waals surface area contributed by atoms with Crippen molar-refractivity contribution in [1.29, 1.82) is 0 Å². The minimum absolute atomic E-state index is 0.0834. The van der Waals surface area contributed by atoms with Crippen molar-refractivity contribution in [2.75, 3.05) is 12.0 Å². The second-order valence-electron chi connectivity index (χ2n) is 5.92. The number of nitrogens with zero attached hydrogens (tertiary/aromatic N) is 3. The number of oxime groups is 1. The monoisotopic (exact) mass is 398 g/mol. The van der Waals surface area contributed by atoms with Crippen LogP contribution in [0.3, 0.4) is 0 Å². The number of amidine groups is 1. The van der Waals surface area contributed by atoms with E-state index in [1.165, 1.54) is 18.0 Å². The minimum Gasteiger partial charge on any atom is -0.379 e. The molecule has 144 valence electrons. The molecular weight excluding hydrogens is 380 g/mol. The molecule has 2 heterocycles. The lowest BCUT2D eigenvalue weighted by atomic mass is 10.1. The number of imide groups is 1. The van der Waals surface area contributed by atoms with Crippen LogP contribution in [0.15, 0.2) is 53.8 Å². The molecule has 1 atom stereocenters. The maximum absolute atomic E-state index is 12.7. The van der Waals surface area contributed by atoms with Gasteiger partial charge in [0.05, 0.1) is 11.1 Å². The van der Waals surface area contributed by atoms with E-state index in [0.29, 0.717) is 11.4 Å². The van der Waals surface area contributed by atoms with Crippen LogP contribution in [0.5, 0.6) is 0 Å². The first-order valence-electron chi connectivity index (χ1n) is 8.46. The van der Waals surface area contributed by atoms with Crippen LogP contribution in [0, 0.1) is 0 Å². The summed E-state index contributed by atoms with van der Waals surface area (Å²) in [7, 11) is 0. The van der Waals surface area contributed by atoms with Crippen LogP contribution >= 0.6 is 11.8 Å². The Hall–Kier alpha value is -3.20. The van der Waals surface area contributed by atoms with E-state index < -0.39 is 23.8 Å². The van der Waals surface area contributed by atoms with Gasteiger partial charge in [0, 0.05) is 6.20 Å². The topological polar surface area (TPSA) is 115 Å². The smallest absolute Gasteiger partial charge is 0.357 e. The van der Waals surface area contributed by atoms with Gasteiger partial charge in [-0.2, -0.15) is 11.8 Å². The fourth-order valence-electron chi connectivity index (χ4n) is 2.79. The van der Waals surface area contributed by atoms with Crippen molar-refractivity contribution < 1.29 is 19.2 Å². The SMILES string of the molecule is CSCCC(C(=O)O/N=C(\N)c1ccccn1)N1C(=O)c2ccccc2C1=O. The van der Waals surface area contributed by atoms with E-state index in [9.17, 15) is 14.4 Å². The Morgan fingerprint density at radius 1 is 1.18 bits per heavy atom. The van der Waals surface area contributed by atoms with Gasteiger partial charge in [-0.25, -0.2) is 4.79 Å². The number of aromatic nitrogens is 1. The third kappa shape index (κ3) is 3.89. The Labute approximate surface area is 165 Å². The number of carbonyl (C=O) groups is 3. The lowest BCUT2D eigenvalue weighted by Crippen LogP contribution is -2.45. The number of rotatable bonds is 7. The summed E-state index contributed by atoms with van der Waals surface area (Å²) in [5.74, 6) is -1.41. The first-order chi connectivity index (χ1) is 13.5. The Morgan fingerprint density at radius 2 is 1.82 bits per heavy atom. The van der Waals surface area contributed by atoms with Gasteiger partial charge in [-0.3, -0.25) is 19.5 Å². The predicted molar refractivity (Wildman–Crippen MR) is 105 cm³/mol. The molecule has 0 radical (unpaired) electrons. The van der Waals surface area contributed by atoms with E-state index in [4.69, 9.17) is 10.6 Å². The van der Waals surface area contributed by atoms with Crippen LogP contribution in [-0.2, 0) is 9.63 Å². The second kappa shape index (κ2) is 8.66. The standard InChI is InChI=1S/C19H18N4O4S/c1-28-11-9-15(19(26)27-22-16(20)14-8-4-5-10-21-14)23-17(24)12-6-2-3-7-13(12)18(23)25/h2-8,10,15H,9,11H2,1H3,(H2,20,22). The number of nitrogens with two attached hydrogens (primary N) is 1. The van der Waals surface area contributed by atoms with E-state index in [1.54, 1.807) is 42.5 Å². The van der Waals surface area contributed by atoms with Gasteiger partial charge in [0.15, 0.2) is 5.84 Å². The molecule has 1 aromatic carbocycles. The van der Waals surface area contributed by atoms with E-state index >= 15 is 0 Å². The Morgan fingerprint density at radius 3 is 2.39 bits per heavy atom. The van der Waals surface area contributed by atoms with Crippen molar-refractivity contribution in [1.82, 2.24) is 9.88 Å². The van der Waals surface area contributed by atoms with Crippen LogP contribution in [0.1, 0.15) is 32.8 Å². The van der Waals surface area contributed by atoms with Gasteiger partial charge in [0.1, 0.15) is 11.7 Å². The molecule has 0 bridgehead atoms. The van der Waals surface area contributed by atoms with Crippen LogP contribution < -0.4 is 5.73 Å². The molecule has 0 saturated carbocycles.